The molecule has 1 aromatic carbocycles. The smallest absolute Gasteiger partial charge is 0.256 e. The van der Waals surface area contributed by atoms with Gasteiger partial charge < -0.3 is 10.0 Å². The number of fused-ring (bicyclic) bond motifs is 1. The summed E-state index contributed by atoms with van der Waals surface area (Å²) in [6.45, 7) is 2.82. The summed E-state index contributed by atoms with van der Waals surface area (Å²) in [6, 6.07) is 6.08. The average molecular weight is 288 g/mol. The Morgan fingerprint density at radius 1 is 1.52 bits per heavy atom. The number of rotatable bonds is 2. The Morgan fingerprint density at radius 3 is 3.05 bits per heavy atom. The van der Waals surface area contributed by atoms with Gasteiger partial charge in [0, 0.05) is 30.6 Å². The number of hydrogen-bond acceptors (Lipinski definition) is 3. The molecule has 2 atom stereocenters. The molecule has 1 aliphatic heterocycles. The van der Waals surface area contributed by atoms with Crippen LogP contribution in [0.2, 0.25) is 0 Å². The number of pyridine rings is 1. The van der Waals surface area contributed by atoms with Gasteiger partial charge in [-0.3, -0.25) is 9.78 Å². The second kappa shape index (κ2) is 5.41. The first-order valence-corrected chi connectivity index (χ1v) is 7.08. The lowest BCUT2D eigenvalue weighted by Crippen LogP contribution is -2.30. The van der Waals surface area contributed by atoms with E-state index in [4.69, 9.17) is 0 Å². The number of aromatic nitrogens is 1. The van der Waals surface area contributed by atoms with Gasteiger partial charge in [0.15, 0.2) is 0 Å². The van der Waals surface area contributed by atoms with Gasteiger partial charge in [-0.25, -0.2) is 4.39 Å². The fraction of sp³-hybridized carbons (Fsp3) is 0.375. The first-order chi connectivity index (χ1) is 10.1. The Labute approximate surface area is 122 Å². The zero-order valence-corrected chi connectivity index (χ0v) is 11.8. The number of carbonyl (C=O) groups is 1. The van der Waals surface area contributed by atoms with Gasteiger partial charge in [-0.15, -0.1) is 0 Å². The Kier molecular flexibility index (Phi) is 3.59. The monoisotopic (exact) mass is 288 g/mol. The molecule has 5 heteroatoms. The maximum absolute atomic E-state index is 13.7. The molecular weight excluding hydrogens is 271 g/mol. The predicted molar refractivity (Wildman–Crippen MR) is 77.4 cm³/mol. The fourth-order valence-electron chi connectivity index (χ4n) is 2.85. The third kappa shape index (κ3) is 2.61. The highest BCUT2D eigenvalue weighted by atomic mass is 19.1. The molecule has 3 rings (SSSR count). The van der Waals surface area contributed by atoms with Crippen molar-refractivity contribution in [1.82, 2.24) is 9.88 Å². The molecule has 0 aliphatic carbocycles. The van der Waals surface area contributed by atoms with Gasteiger partial charge in [-0.05, 0) is 31.5 Å². The van der Waals surface area contributed by atoms with Crippen molar-refractivity contribution < 1.29 is 14.3 Å². The highest BCUT2D eigenvalue weighted by Crippen LogP contribution is 2.25. The van der Waals surface area contributed by atoms with Crippen LogP contribution >= 0.6 is 0 Å². The summed E-state index contributed by atoms with van der Waals surface area (Å²) in [5.41, 5.74) is 0.807. The first-order valence-electron chi connectivity index (χ1n) is 7.08. The van der Waals surface area contributed by atoms with E-state index in [2.05, 4.69) is 4.98 Å². The van der Waals surface area contributed by atoms with Gasteiger partial charge in [-0.1, -0.05) is 6.07 Å². The number of nitrogens with zero attached hydrogens (tertiary/aromatic N) is 2. The van der Waals surface area contributed by atoms with Crippen LogP contribution in [0, 0.1) is 11.7 Å². The average Bonchev–Trinajstić information content (AvgIpc) is 2.95. The van der Waals surface area contributed by atoms with Crippen LogP contribution in [0.15, 0.2) is 30.5 Å². The molecule has 0 saturated carbocycles. The number of aliphatic hydroxyl groups is 1. The van der Waals surface area contributed by atoms with Crippen molar-refractivity contribution in [3.63, 3.8) is 0 Å². The molecule has 1 fully saturated rings. The topological polar surface area (TPSA) is 53.4 Å². The second-order valence-corrected chi connectivity index (χ2v) is 5.57. The normalized spacial score (nSPS) is 20.0. The van der Waals surface area contributed by atoms with Crippen molar-refractivity contribution in [2.24, 2.45) is 5.92 Å². The molecule has 0 radical (unpaired) electrons. The summed E-state index contributed by atoms with van der Waals surface area (Å²) < 4.78 is 13.7. The van der Waals surface area contributed by atoms with Crippen molar-refractivity contribution in [3.8, 4) is 0 Å². The minimum Gasteiger partial charge on any atom is -0.393 e. The predicted octanol–water partition coefficient (Wildman–Crippen LogP) is 2.22. The standard InChI is InChI=1S/C16H17FN2O2/c1-10(20)12-4-6-19(9-12)16(21)14-8-13(17)7-11-3-2-5-18-15(11)14/h2-3,5,7-8,10,12,20H,4,6,9H2,1H3. The lowest BCUT2D eigenvalue weighted by atomic mass is 10.0. The number of likely N-dealkylation sites (tertiary alicyclic amines) is 1. The number of aliphatic hydroxyl groups excluding tert-OH is 1. The Bertz CT molecular complexity index is 687. The summed E-state index contributed by atoms with van der Waals surface area (Å²) in [6.07, 6.45) is 1.93. The second-order valence-electron chi connectivity index (χ2n) is 5.57. The van der Waals surface area contributed by atoms with E-state index in [9.17, 15) is 14.3 Å². The Hall–Kier alpha value is -2.01. The number of amides is 1. The van der Waals surface area contributed by atoms with E-state index in [0.717, 1.165) is 6.42 Å². The van der Waals surface area contributed by atoms with Gasteiger partial charge in [0.05, 0.1) is 17.2 Å². The van der Waals surface area contributed by atoms with Gasteiger partial charge >= 0.3 is 0 Å². The maximum atomic E-state index is 13.7. The van der Waals surface area contributed by atoms with Crippen molar-refractivity contribution >= 4 is 16.8 Å². The summed E-state index contributed by atoms with van der Waals surface area (Å²) in [4.78, 5) is 18.5. The third-order valence-electron chi connectivity index (χ3n) is 4.09. The number of carbonyl (C=O) groups excluding carboxylic acids is 1. The van der Waals surface area contributed by atoms with Crippen molar-refractivity contribution in [2.45, 2.75) is 19.4 Å². The first kappa shape index (κ1) is 13.9. The van der Waals surface area contributed by atoms with E-state index in [1.165, 1.54) is 12.1 Å². The van der Waals surface area contributed by atoms with Gasteiger partial charge in [-0.2, -0.15) is 0 Å². The molecule has 1 N–H and O–H groups in total. The van der Waals surface area contributed by atoms with Crippen LogP contribution in [0.25, 0.3) is 10.9 Å². The van der Waals surface area contributed by atoms with Crippen LogP contribution in [-0.2, 0) is 0 Å². The number of hydrogen-bond donors (Lipinski definition) is 1. The maximum Gasteiger partial charge on any atom is 0.256 e. The Balaban J connectivity index is 1.95. The van der Waals surface area contributed by atoms with E-state index in [-0.39, 0.29) is 17.4 Å². The SMILES string of the molecule is CC(O)C1CCN(C(=O)c2cc(F)cc3cccnc23)C1. The molecule has 110 valence electrons. The molecule has 21 heavy (non-hydrogen) atoms. The van der Waals surface area contributed by atoms with Crippen molar-refractivity contribution in [3.05, 3.63) is 41.8 Å². The Morgan fingerprint density at radius 2 is 2.33 bits per heavy atom. The molecule has 1 amide bonds. The van der Waals surface area contributed by atoms with E-state index in [0.29, 0.717) is 24.0 Å². The van der Waals surface area contributed by atoms with Crippen LogP contribution in [0.1, 0.15) is 23.7 Å². The van der Waals surface area contributed by atoms with Crippen molar-refractivity contribution in [1.29, 1.82) is 0 Å². The molecule has 1 saturated heterocycles. The molecule has 0 bridgehead atoms. The molecule has 1 aliphatic rings. The van der Waals surface area contributed by atoms with Crippen LogP contribution in [0.3, 0.4) is 0 Å². The highest BCUT2D eigenvalue weighted by Gasteiger charge is 2.30. The van der Waals surface area contributed by atoms with Crippen LogP contribution in [0.5, 0.6) is 0 Å². The lowest BCUT2D eigenvalue weighted by Gasteiger charge is -2.18. The van der Waals surface area contributed by atoms with Crippen LogP contribution in [0.4, 0.5) is 4.39 Å². The minimum atomic E-state index is -0.440. The molecule has 2 aromatic rings. The van der Waals surface area contributed by atoms with E-state index < -0.39 is 11.9 Å². The molecule has 1 aromatic heterocycles. The lowest BCUT2D eigenvalue weighted by molar-refractivity contribution is 0.0763. The molecule has 0 spiro atoms. The molecule has 2 heterocycles. The van der Waals surface area contributed by atoms with Crippen LogP contribution < -0.4 is 0 Å². The quantitative estimate of drug-likeness (QED) is 0.922. The third-order valence-corrected chi connectivity index (χ3v) is 4.09. The van der Waals surface area contributed by atoms with Gasteiger partial charge in [0.2, 0.25) is 0 Å². The molecule has 4 nitrogen and oxygen atoms in total. The number of benzene rings is 1. The summed E-state index contributed by atoms with van der Waals surface area (Å²) >= 11 is 0. The van der Waals surface area contributed by atoms with Crippen LogP contribution in [-0.4, -0.2) is 40.1 Å². The number of halogens is 1. The highest BCUT2D eigenvalue weighted by molar-refractivity contribution is 6.05. The largest absolute Gasteiger partial charge is 0.393 e. The fourth-order valence-corrected chi connectivity index (χ4v) is 2.85. The molecular formula is C16H17FN2O2. The summed E-state index contributed by atoms with van der Waals surface area (Å²) in [7, 11) is 0. The summed E-state index contributed by atoms with van der Waals surface area (Å²) in [5.74, 6) is -0.576. The van der Waals surface area contributed by atoms with Gasteiger partial charge in [0.25, 0.3) is 5.91 Å². The van der Waals surface area contributed by atoms with E-state index in [1.807, 2.05) is 0 Å². The van der Waals surface area contributed by atoms with Crippen molar-refractivity contribution in [2.75, 3.05) is 13.1 Å². The zero-order chi connectivity index (χ0) is 15.0. The van der Waals surface area contributed by atoms with Gasteiger partial charge in [0.1, 0.15) is 5.82 Å². The molecule has 2 unspecified atom stereocenters. The zero-order valence-electron chi connectivity index (χ0n) is 11.8. The van der Waals surface area contributed by atoms with E-state index >= 15 is 0 Å². The minimum absolute atomic E-state index is 0.0849. The summed E-state index contributed by atoms with van der Waals surface area (Å²) in [5, 5.41) is 10.2. The van der Waals surface area contributed by atoms with E-state index in [1.54, 1.807) is 30.2 Å².